The number of amides is 2. The number of anilines is 1. The molecule has 0 aromatic heterocycles. The number of nitrogens with one attached hydrogen (secondary N) is 1. The molecule has 10 heteroatoms. The van der Waals surface area contributed by atoms with Crippen LogP contribution in [0.4, 0.5) is 5.69 Å². The largest absolute Gasteiger partial charge is 0.484 e. The molecule has 0 atom stereocenters. The van der Waals surface area contributed by atoms with Gasteiger partial charge in [0.05, 0.1) is 4.90 Å². The summed E-state index contributed by atoms with van der Waals surface area (Å²) in [6, 6.07) is 12.8. The molecule has 0 radical (unpaired) electrons. The summed E-state index contributed by atoms with van der Waals surface area (Å²) in [6.45, 7) is 7.24. The van der Waals surface area contributed by atoms with Gasteiger partial charge in [-0.2, -0.15) is 4.31 Å². The van der Waals surface area contributed by atoms with Gasteiger partial charge in [0.25, 0.3) is 11.8 Å². The van der Waals surface area contributed by atoms with E-state index < -0.39 is 10.0 Å². The lowest BCUT2D eigenvalue weighted by molar-refractivity contribution is -0.118. The summed E-state index contributed by atoms with van der Waals surface area (Å²) in [5.41, 5.74) is 1.14. The summed E-state index contributed by atoms with van der Waals surface area (Å²) in [4.78, 5) is 29.1. The molecule has 1 saturated heterocycles. The van der Waals surface area contributed by atoms with E-state index in [1.807, 2.05) is 11.9 Å². The molecule has 0 bridgehead atoms. The maximum Gasteiger partial charge on any atom is 0.262 e. The molecule has 1 fully saturated rings. The quantitative estimate of drug-likeness (QED) is 0.581. The number of nitrogens with zero attached hydrogens (tertiary/aromatic N) is 3. The zero-order valence-corrected chi connectivity index (χ0v) is 20.7. The SMILES string of the molecule is CCN(CC)S(=O)(=O)c1ccc(OCC(=O)Nc2ccc(C(=O)N3CCN(C)CC3)cc2)cc1. The molecule has 3 rings (SSSR count). The van der Waals surface area contributed by atoms with Crippen LogP contribution in [0.1, 0.15) is 24.2 Å². The van der Waals surface area contributed by atoms with E-state index in [2.05, 4.69) is 10.2 Å². The Bertz CT molecular complexity index is 1080. The fraction of sp³-hybridized carbons (Fsp3) is 0.417. The predicted octanol–water partition coefficient (Wildman–Crippen LogP) is 2.12. The van der Waals surface area contributed by atoms with E-state index in [0.717, 1.165) is 13.1 Å². The third-order valence-corrected chi connectivity index (χ3v) is 7.81. The molecule has 1 N–H and O–H groups in total. The number of sulfonamides is 1. The van der Waals surface area contributed by atoms with E-state index in [9.17, 15) is 18.0 Å². The molecular weight excluding hydrogens is 456 g/mol. The first-order valence-corrected chi connectivity index (χ1v) is 12.8. The zero-order chi connectivity index (χ0) is 24.7. The van der Waals surface area contributed by atoms with Crippen LogP contribution in [0.5, 0.6) is 5.75 Å². The van der Waals surface area contributed by atoms with Crippen LogP contribution in [0.2, 0.25) is 0 Å². The summed E-state index contributed by atoms with van der Waals surface area (Å²) in [5.74, 6) is 0.0144. The lowest BCUT2D eigenvalue weighted by Gasteiger charge is -2.32. The Morgan fingerprint density at radius 2 is 1.53 bits per heavy atom. The molecule has 0 saturated carbocycles. The average Bonchev–Trinajstić information content (AvgIpc) is 2.84. The third kappa shape index (κ3) is 6.34. The second-order valence-corrected chi connectivity index (χ2v) is 10.0. The van der Waals surface area contributed by atoms with Gasteiger partial charge in [-0.1, -0.05) is 13.8 Å². The lowest BCUT2D eigenvalue weighted by Crippen LogP contribution is -2.47. The highest BCUT2D eigenvalue weighted by Gasteiger charge is 2.22. The number of likely N-dealkylation sites (N-methyl/N-ethyl adjacent to an activating group) is 1. The van der Waals surface area contributed by atoms with Crippen molar-refractivity contribution in [1.82, 2.24) is 14.1 Å². The molecular formula is C24H32N4O5S. The fourth-order valence-corrected chi connectivity index (χ4v) is 5.11. The van der Waals surface area contributed by atoms with Crippen molar-refractivity contribution < 1.29 is 22.7 Å². The van der Waals surface area contributed by atoms with Gasteiger partial charge in [0.1, 0.15) is 5.75 Å². The summed E-state index contributed by atoms with van der Waals surface area (Å²) >= 11 is 0. The number of rotatable bonds is 9. The number of ether oxygens (including phenoxy) is 1. The van der Waals surface area contributed by atoms with Gasteiger partial charge in [0.2, 0.25) is 10.0 Å². The van der Waals surface area contributed by atoms with Gasteiger partial charge in [0.15, 0.2) is 6.61 Å². The van der Waals surface area contributed by atoms with Crippen molar-refractivity contribution in [2.24, 2.45) is 0 Å². The second-order valence-electron chi connectivity index (χ2n) is 8.07. The summed E-state index contributed by atoms with van der Waals surface area (Å²) in [5, 5.41) is 2.73. The Morgan fingerprint density at radius 3 is 2.09 bits per heavy atom. The van der Waals surface area contributed by atoms with Gasteiger partial charge in [0, 0.05) is 50.5 Å². The highest BCUT2D eigenvalue weighted by Crippen LogP contribution is 2.20. The Balaban J connectivity index is 1.51. The van der Waals surface area contributed by atoms with Crippen LogP contribution in [0, 0.1) is 0 Å². The van der Waals surface area contributed by atoms with Crippen molar-refractivity contribution in [1.29, 1.82) is 0 Å². The average molecular weight is 489 g/mol. The van der Waals surface area contributed by atoms with E-state index in [-0.39, 0.29) is 23.3 Å². The fourth-order valence-electron chi connectivity index (χ4n) is 3.65. The molecule has 2 aromatic carbocycles. The van der Waals surface area contributed by atoms with Crippen LogP contribution >= 0.6 is 0 Å². The predicted molar refractivity (Wildman–Crippen MR) is 131 cm³/mol. The van der Waals surface area contributed by atoms with Gasteiger partial charge in [-0.25, -0.2) is 8.42 Å². The van der Waals surface area contributed by atoms with Gasteiger partial charge < -0.3 is 19.9 Å². The van der Waals surface area contributed by atoms with Crippen molar-refractivity contribution in [2.45, 2.75) is 18.7 Å². The molecule has 1 heterocycles. The second kappa shape index (κ2) is 11.5. The zero-order valence-electron chi connectivity index (χ0n) is 19.9. The minimum atomic E-state index is -3.54. The van der Waals surface area contributed by atoms with E-state index >= 15 is 0 Å². The number of carbonyl (C=O) groups is 2. The Labute approximate surface area is 201 Å². The van der Waals surface area contributed by atoms with Gasteiger partial charge in [-0.3, -0.25) is 9.59 Å². The van der Waals surface area contributed by atoms with E-state index in [1.54, 1.807) is 38.1 Å². The van der Waals surface area contributed by atoms with Crippen LogP contribution < -0.4 is 10.1 Å². The molecule has 184 valence electrons. The highest BCUT2D eigenvalue weighted by molar-refractivity contribution is 7.89. The third-order valence-electron chi connectivity index (χ3n) is 5.74. The number of hydrogen-bond donors (Lipinski definition) is 1. The molecule has 2 amide bonds. The number of piperazine rings is 1. The molecule has 0 unspecified atom stereocenters. The molecule has 9 nitrogen and oxygen atoms in total. The summed E-state index contributed by atoms with van der Waals surface area (Å²) in [6.07, 6.45) is 0. The molecule has 34 heavy (non-hydrogen) atoms. The monoisotopic (exact) mass is 488 g/mol. The van der Waals surface area contributed by atoms with E-state index in [0.29, 0.717) is 43.2 Å². The van der Waals surface area contributed by atoms with Crippen LogP contribution in [0.25, 0.3) is 0 Å². The van der Waals surface area contributed by atoms with Gasteiger partial charge in [-0.05, 0) is 55.6 Å². The van der Waals surface area contributed by atoms with Crippen LogP contribution in [-0.2, 0) is 14.8 Å². The molecule has 1 aliphatic heterocycles. The standard InChI is InChI=1S/C24H32N4O5S/c1-4-28(5-2)34(31,32)22-12-10-21(11-13-22)33-18-23(29)25-20-8-6-19(7-9-20)24(30)27-16-14-26(3)15-17-27/h6-13H,4-5,14-18H2,1-3H3,(H,25,29). The first-order chi connectivity index (χ1) is 16.2. The first kappa shape index (κ1) is 25.7. The highest BCUT2D eigenvalue weighted by atomic mass is 32.2. The molecule has 0 spiro atoms. The maximum atomic E-state index is 12.6. The minimum Gasteiger partial charge on any atom is -0.484 e. The van der Waals surface area contributed by atoms with Crippen LogP contribution in [0.15, 0.2) is 53.4 Å². The van der Waals surface area contributed by atoms with Crippen molar-refractivity contribution >= 4 is 27.5 Å². The summed E-state index contributed by atoms with van der Waals surface area (Å²) < 4.78 is 31.9. The van der Waals surface area contributed by atoms with Crippen molar-refractivity contribution in [3.05, 3.63) is 54.1 Å². The van der Waals surface area contributed by atoms with Gasteiger partial charge in [-0.15, -0.1) is 0 Å². The maximum absolute atomic E-state index is 12.6. The van der Waals surface area contributed by atoms with Crippen LogP contribution in [0.3, 0.4) is 0 Å². The van der Waals surface area contributed by atoms with E-state index in [4.69, 9.17) is 4.74 Å². The molecule has 0 aliphatic carbocycles. The van der Waals surface area contributed by atoms with E-state index in [1.165, 1.54) is 28.6 Å². The normalized spacial score (nSPS) is 14.8. The molecule has 2 aromatic rings. The van der Waals surface area contributed by atoms with Crippen molar-refractivity contribution in [3.63, 3.8) is 0 Å². The molecule has 1 aliphatic rings. The van der Waals surface area contributed by atoms with Gasteiger partial charge >= 0.3 is 0 Å². The van der Waals surface area contributed by atoms with Crippen molar-refractivity contribution in [3.8, 4) is 5.75 Å². The first-order valence-electron chi connectivity index (χ1n) is 11.3. The Kier molecular flexibility index (Phi) is 8.65. The lowest BCUT2D eigenvalue weighted by atomic mass is 10.1. The van der Waals surface area contributed by atoms with Crippen molar-refractivity contribution in [2.75, 3.05) is 58.2 Å². The Morgan fingerprint density at radius 1 is 0.941 bits per heavy atom. The number of hydrogen-bond acceptors (Lipinski definition) is 6. The summed E-state index contributed by atoms with van der Waals surface area (Å²) in [7, 11) is -1.50. The minimum absolute atomic E-state index is 0.0132. The number of benzene rings is 2. The smallest absolute Gasteiger partial charge is 0.262 e. The topological polar surface area (TPSA) is 99.3 Å². The Hall–Kier alpha value is -2.95. The number of carbonyl (C=O) groups excluding carboxylic acids is 2. The van der Waals surface area contributed by atoms with Crippen LogP contribution in [-0.4, -0.2) is 87.3 Å².